The quantitative estimate of drug-likeness (QED) is 0.176. The second kappa shape index (κ2) is 12.6. The van der Waals surface area contributed by atoms with Crippen LogP contribution in [0.2, 0.25) is 0 Å². The van der Waals surface area contributed by atoms with E-state index in [9.17, 15) is 0 Å². The first kappa shape index (κ1) is 31.9. The van der Waals surface area contributed by atoms with Crippen molar-refractivity contribution in [2.45, 2.75) is 0 Å². The fourth-order valence-electron chi connectivity index (χ4n) is 8.57. The normalized spacial score (nSPS) is 11.9. The van der Waals surface area contributed by atoms with Crippen LogP contribution in [-0.2, 0) is 0 Å². The Morgan fingerprint density at radius 2 is 0.772 bits per heavy atom. The summed E-state index contributed by atoms with van der Waals surface area (Å²) in [6.07, 6.45) is 0. The zero-order valence-electron chi connectivity index (χ0n) is 30.5. The van der Waals surface area contributed by atoms with E-state index in [1.54, 1.807) is 0 Å². The molecule has 4 heterocycles. The van der Waals surface area contributed by atoms with Crippen molar-refractivity contribution in [1.29, 1.82) is 0 Å². The molecule has 12 rings (SSSR count). The van der Waals surface area contributed by atoms with E-state index in [2.05, 4.69) is 137 Å². The average Bonchev–Trinajstić information content (AvgIpc) is 3.93. The number of nitrogens with zero attached hydrogens (tertiary/aromatic N) is 5. The van der Waals surface area contributed by atoms with Gasteiger partial charge >= 0.3 is 0 Å². The van der Waals surface area contributed by atoms with Crippen LogP contribution < -0.4 is 0 Å². The summed E-state index contributed by atoms with van der Waals surface area (Å²) in [7, 11) is 0. The topological polar surface area (TPSA) is 48.5 Å². The minimum absolute atomic E-state index is 0.635. The molecule has 12 aromatic rings. The summed E-state index contributed by atoms with van der Waals surface area (Å²) in [5.41, 5.74) is 9.81. The molecule has 57 heavy (non-hydrogen) atoms. The van der Waals surface area contributed by atoms with Gasteiger partial charge in [-0.05, 0) is 54.6 Å². The predicted molar refractivity (Wildman–Crippen MR) is 238 cm³/mol. The van der Waals surface area contributed by atoms with Crippen LogP contribution >= 0.6 is 11.3 Å². The van der Waals surface area contributed by atoms with Crippen LogP contribution in [0, 0.1) is 0 Å². The molecule has 0 unspecified atom stereocenters. The number of benzene rings is 8. The molecule has 0 aliphatic rings. The number of hydrogen-bond acceptors (Lipinski definition) is 4. The fourth-order valence-corrected chi connectivity index (χ4v) is 9.73. The first-order chi connectivity index (χ1) is 28.2. The van der Waals surface area contributed by atoms with E-state index in [1.807, 2.05) is 72.0 Å². The van der Waals surface area contributed by atoms with Crippen LogP contribution in [-0.4, -0.2) is 24.1 Å². The lowest BCUT2D eigenvalue weighted by Crippen LogP contribution is -2.01. The average molecular weight is 746 g/mol. The molecule has 0 saturated heterocycles. The highest BCUT2D eigenvalue weighted by Crippen LogP contribution is 2.42. The highest BCUT2D eigenvalue weighted by molar-refractivity contribution is 7.25. The van der Waals surface area contributed by atoms with Crippen molar-refractivity contribution in [3.8, 4) is 45.5 Å². The second-order valence-electron chi connectivity index (χ2n) is 14.5. The third-order valence-corrected chi connectivity index (χ3v) is 12.3. The van der Waals surface area contributed by atoms with Gasteiger partial charge in [0.05, 0.1) is 22.1 Å². The van der Waals surface area contributed by atoms with E-state index < -0.39 is 0 Å². The summed E-state index contributed by atoms with van der Waals surface area (Å²) in [5, 5.41) is 7.52. The van der Waals surface area contributed by atoms with Gasteiger partial charge in [-0.2, -0.15) is 0 Å². The SMILES string of the molecule is c1ccc(-c2nc(-c3ccccc3)nc(-c3cccc(-n4c5ccccc5c5cc6sc7cc(-n8c9ccccc9c9ccccc98)ccc7c6cc54)c3)n2)cc1. The van der Waals surface area contributed by atoms with E-state index in [0.717, 1.165) is 33.4 Å². The lowest BCUT2D eigenvalue weighted by Gasteiger charge is -2.11. The Balaban J connectivity index is 1.03. The minimum atomic E-state index is 0.635. The van der Waals surface area contributed by atoms with Crippen LogP contribution in [0.1, 0.15) is 0 Å². The van der Waals surface area contributed by atoms with Crippen molar-refractivity contribution in [2.75, 3.05) is 0 Å². The van der Waals surface area contributed by atoms with Crippen molar-refractivity contribution in [3.63, 3.8) is 0 Å². The van der Waals surface area contributed by atoms with Gasteiger partial charge in [0.25, 0.3) is 0 Å². The summed E-state index contributed by atoms with van der Waals surface area (Å²) in [4.78, 5) is 15.0. The highest BCUT2D eigenvalue weighted by atomic mass is 32.1. The van der Waals surface area contributed by atoms with Crippen LogP contribution in [0.3, 0.4) is 0 Å². The van der Waals surface area contributed by atoms with Crippen molar-refractivity contribution >= 4 is 75.1 Å². The van der Waals surface area contributed by atoms with Gasteiger partial charge in [-0.1, -0.05) is 133 Å². The molecule has 8 aromatic carbocycles. The number of hydrogen-bond donors (Lipinski definition) is 0. The van der Waals surface area contributed by atoms with Gasteiger partial charge in [0.15, 0.2) is 17.5 Å². The Morgan fingerprint density at radius 3 is 1.39 bits per heavy atom. The van der Waals surface area contributed by atoms with Gasteiger partial charge in [-0.15, -0.1) is 11.3 Å². The lowest BCUT2D eigenvalue weighted by molar-refractivity contribution is 1.07. The van der Waals surface area contributed by atoms with Crippen LogP contribution in [0.15, 0.2) is 188 Å². The lowest BCUT2D eigenvalue weighted by atomic mass is 10.1. The maximum absolute atomic E-state index is 5.04. The molecule has 0 bridgehead atoms. The number of fused-ring (bicyclic) bond motifs is 9. The van der Waals surface area contributed by atoms with Crippen LogP contribution in [0.5, 0.6) is 0 Å². The Kier molecular flexibility index (Phi) is 7.03. The molecule has 4 aromatic heterocycles. The molecule has 0 radical (unpaired) electrons. The number of thiophene rings is 1. The largest absolute Gasteiger partial charge is 0.309 e. The van der Waals surface area contributed by atoms with Gasteiger partial charge in [-0.3, -0.25) is 0 Å². The molecule has 0 aliphatic carbocycles. The van der Waals surface area contributed by atoms with Crippen LogP contribution in [0.25, 0.3) is 109 Å². The summed E-state index contributed by atoms with van der Waals surface area (Å²) in [6, 6.07) is 66.7. The third kappa shape index (κ3) is 5.04. The smallest absolute Gasteiger partial charge is 0.164 e. The van der Waals surface area contributed by atoms with Gasteiger partial charge in [-0.25, -0.2) is 15.0 Å². The molecule has 0 spiro atoms. The molecule has 6 heteroatoms. The van der Waals surface area contributed by atoms with Gasteiger partial charge in [0.2, 0.25) is 0 Å². The molecule has 0 atom stereocenters. The molecule has 0 N–H and O–H groups in total. The molecular formula is C51H31N5S. The van der Waals surface area contributed by atoms with Crippen molar-refractivity contribution in [3.05, 3.63) is 188 Å². The summed E-state index contributed by atoms with van der Waals surface area (Å²) in [6.45, 7) is 0. The van der Waals surface area contributed by atoms with Crippen molar-refractivity contribution < 1.29 is 0 Å². The minimum Gasteiger partial charge on any atom is -0.309 e. The Hall–Kier alpha value is -7.41. The van der Waals surface area contributed by atoms with E-state index in [4.69, 9.17) is 15.0 Å². The van der Waals surface area contributed by atoms with Crippen molar-refractivity contribution in [1.82, 2.24) is 24.1 Å². The van der Waals surface area contributed by atoms with E-state index in [1.165, 1.54) is 58.4 Å². The van der Waals surface area contributed by atoms with E-state index >= 15 is 0 Å². The summed E-state index contributed by atoms with van der Waals surface area (Å²) < 4.78 is 7.34. The molecule has 0 aliphatic heterocycles. The molecular weight excluding hydrogens is 715 g/mol. The molecule has 266 valence electrons. The number of rotatable bonds is 5. The number of aromatic nitrogens is 5. The zero-order valence-corrected chi connectivity index (χ0v) is 31.4. The standard InChI is InChI=1S/C51H31N5S/c1-3-14-32(15-4-1)49-52-50(33-16-5-2-6-17-33)54-51(53-49)34-18-13-19-35(28-34)56-45-25-12-9-22-39(45)41-31-48-42(30-46(41)56)40-27-26-36(29-47(40)57-48)55-43-23-10-7-20-37(43)38-21-8-11-24-44(38)55/h1-31H. The van der Waals surface area contributed by atoms with Crippen molar-refractivity contribution in [2.24, 2.45) is 0 Å². The summed E-state index contributed by atoms with van der Waals surface area (Å²) in [5.74, 6) is 1.93. The Labute approximate surface area is 331 Å². The van der Waals surface area contributed by atoms with Gasteiger partial charge in [0.1, 0.15) is 0 Å². The summed E-state index contributed by atoms with van der Waals surface area (Å²) >= 11 is 1.87. The monoisotopic (exact) mass is 745 g/mol. The van der Waals surface area contributed by atoms with Gasteiger partial charge in [0, 0.05) is 69.8 Å². The Bertz CT molecular complexity index is 3410. The van der Waals surface area contributed by atoms with E-state index in [0.29, 0.717) is 17.5 Å². The van der Waals surface area contributed by atoms with Crippen LogP contribution in [0.4, 0.5) is 0 Å². The van der Waals surface area contributed by atoms with Gasteiger partial charge < -0.3 is 9.13 Å². The molecule has 0 fully saturated rings. The third-order valence-electron chi connectivity index (χ3n) is 11.1. The first-order valence-corrected chi connectivity index (χ1v) is 19.9. The molecule has 0 amide bonds. The second-order valence-corrected chi connectivity index (χ2v) is 15.5. The fraction of sp³-hybridized carbons (Fsp3) is 0. The Morgan fingerprint density at radius 1 is 0.298 bits per heavy atom. The predicted octanol–water partition coefficient (Wildman–Crippen LogP) is 13.4. The zero-order chi connectivity index (χ0) is 37.5. The number of para-hydroxylation sites is 3. The van der Waals surface area contributed by atoms with E-state index in [-0.39, 0.29) is 0 Å². The first-order valence-electron chi connectivity index (χ1n) is 19.1. The molecule has 5 nitrogen and oxygen atoms in total. The molecule has 0 saturated carbocycles. The maximum Gasteiger partial charge on any atom is 0.164 e. The maximum atomic E-state index is 5.04. The highest BCUT2D eigenvalue weighted by Gasteiger charge is 2.19.